The molecule has 19 heavy (non-hydrogen) atoms. The number of ketones is 1. The van der Waals surface area contributed by atoms with E-state index in [9.17, 15) is 9.18 Å². The highest BCUT2D eigenvalue weighted by atomic mass is 79.9. The molecule has 0 amide bonds. The maximum absolute atomic E-state index is 13.3. The summed E-state index contributed by atoms with van der Waals surface area (Å²) < 4.78 is 19.3. The molecule has 0 aliphatic carbocycles. The van der Waals surface area contributed by atoms with E-state index in [1.54, 1.807) is 18.2 Å². The summed E-state index contributed by atoms with van der Waals surface area (Å²) >= 11 is 3.17. The van der Waals surface area contributed by atoms with Gasteiger partial charge in [0.15, 0.2) is 5.76 Å². The fourth-order valence-corrected chi connectivity index (χ4v) is 2.39. The molecular weight excluding hydrogens is 311 g/mol. The molecule has 0 saturated heterocycles. The Morgan fingerprint density at radius 3 is 2.63 bits per heavy atom. The van der Waals surface area contributed by atoms with E-state index in [1.807, 2.05) is 18.2 Å². The summed E-state index contributed by atoms with van der Waals surface area (Å²) in [4.78, 5) is 12.2. The van der Waals surface area contributed by atoms with Crippen molar-refractivity contribution in [3.63, 3.8) is 0 Å². The Morgan fingerprint density at radius 1 is 1.11 bits per heavy atom. The molecule has 0 N–H and O–H groups in total. The van der Waals surface area contributed by atoms with Crippen molar-refractivity contribution in [1.82, 2.24) is 0 Å². The van der Waals surface area contributed by atoms with Crippen molar-refractivity contribution >= 4 is 32.7 Å². The van der Waals surface area contributed by atoms with Gasteiger partial charge >= 0.3 is 0 Å². The van der Waals surface area contributed by atoms with Crippen molar-refractivity contribution in [3.8, 4) is 0 Å². The van der Waals surface area contributed by atoms with Crippen LogP contribution in [0.2, 0.25) is 0 Å². The smallest absolute Gasteiger partial charge is 0.228 e. The summed E-state index contributed by atoms with van der Waals surface area (Å²) in [5.74, 6) is -0.594. The van der Waals surface area contributed by atoms with E-state index in [1.165, 1.54) is 12.1 Å². The van der Waals surface area contributed by atoms with Crippen LogP contribution in [-0.2, 0) is 0 Å². The Balaban J connectivity index is 2.07. The highest BCUT2D eigenvalue weighted by molar-refractivity contribution is 9.10. The van der Waals surface area contributed by atoms with Crippen molar-refractivity contribution in [3.05, 3.63) is 70.1 Å². The van der Waals surface area contributed by atoms with Crippen LogP contribution in [0, 0.1) is 5.82 Å². The van der Waals surface area contributed by atoms with Crippen LogP contribution in [0.1, 0.15) is 16.1 Å². The summed E-state index contributed by atoms with van der Waals surface area (Å²) in [5, 5.41) is 0.848. The molecule has 1 heterocycles. The van der Waals surface area contributed by atoms with E-state index in [0.717, 1.165) is 5.39 Å². The molecule has 2 nitrogen and oxygen atoms in total. The minimum atomic E-state index is -0.464. The van der Waals surface area contributed by atoms with Crippen molar-refractivity contribution in [2.45, 2.75) is 0 Å². The second-order valence-corrected chi connectivity index (χ2v) is 5.05. The second-order valence-electron chi connectivity index (χ2n) is 4.14. The topological polar surface area (TPSA) is 30.2 Å². The number of hydrogen-bond acceptors (Lipinski definition) is 2. The molecular formula is C15H8BrFO2. The second kappa shape index (κ2) is 4.63. The first-order valence-corrected chi connectivity index (χ1v) is 6.42. The lowest BCUT2D eigenvalue weighted by molar-refractivity contribution is 0.101. The molecule has 0 spiro atoms. The fourth-order valence-electron chi connectivity index (χ4n) is 1.92. The highest BCUT2D eigenvalue weighted by Gasteiger charge is 2.15. The van der Waals surface area contributed by atoms with Gasteiger partial charge in [-0.05, 0) is 30.3 Å². The molecule has 3 rings (SSSR count). The van der Waals surface area contributed by atoms with Gasteiger partial charge in [-0.2, -0.15) is 0 Å². The summed E-state index contributed by atoms with van der Waals surface area (Å²) in [6.07, 6.45) is 0. The molecule has 3 aromatic rings. The van der Waals surface area contributed by atoms with Gasteiger partial charge in [0.1, 0.15) is 11.4 Å². The van der Waals surface area contributed by atoms with E-state index in [-0.39, 0.29) is 17.1 Å². The third kappa shape index (κ3) is 2.31. The van der Waals surface area contributed by atoms with Crippen molar-refractivity contribution < 1.29 is 13.6 Å². The highest BCUT2D eigenvalue weighted by Crippen LogP contribution is 2.23. The Hall–Kier alpha value is -1.94. The zero-order chi connectivity index (χ0) is 13.4. The molecule has 0 bridgehead atoms. The lowest BCUT2D eigenvalue weighted by Gasteiger charge is -1.99. The molecule has 0 aliphatic rings. The van der Waals surface area contributed by atoms with E-state index >= 15 is 0 Å². The van der Waals surface area contributed by atoms with Crippen LogP contribution in [0.5, 0.6) is 0 Å². The number of halogens is 2. The monoisotopic (exact) mass is 318 g/mol. The third-order valence-electron chi connectivity index (χ3n) is 2.77. The molecule has 1 aromatic heterocycles. The van der Waals surface area contributed by atoms with Gasteiger partial charge in [-0.15, -0.1) is 0 Å². The molecule has 94 valence electrons. The van der Waals surface area contributed by atoms with Gasteiger partial charge in [0, 0.05) is 15.4 Å². The maximum Gasteiger partial charge on any atom is 0.228 e. The standard InChI is InChI=1S/C15H8BrFO2/c16-11-5-10(6-12(17)8-11)15(18)14-7-9-3-1-2-4-13(9)19-14/h1-8H. The molecule has 0 unspecified atom stereocenters. The Labute approximate surface area is 117 Å². The van der Waals surface area contributed by atoms with E-state index in [4.69, 9.17) is 4.42 Å². The number of benzene rings is 2. The third-order valence-corrected chi connectivity index (χ3v) is 3.23. The number of furan rings is 1. The summed E-state index contributed by atoms with van der Waals surface area (Å²) in [6.45, 7) is 0. The number of rotatable bonds is 2. The minimum Gasteiger partial charge on any atom is -0.453 e. The number of carbonyl (C=O) groups excluding carboxylic acids is 1. The van der Waals surface area contributed by atoms with Crippen LogP contribution in [0.3, 0.4) is 0 Å². The molecule has 0 atom stereocenters. The van der Waals surface area contributed by atoms with E-state index < -0.39 is 5.82 Å². The van der Waals surface area contributed by atoms with Gasteiger partial charge < -0.3 is 4.42 Å². The van der Waals surface area contributed by atoms with Crippen LogP contribution in [0.4, 0.5) is 4.39 Å². The van der Waals surface area contributed by atoms with Crippen LogP contribution in [0.25, 0.3) is 11.0 Å². The number of carbonyl (C=O) groups is 1. The fraction of sp³-hybridized carbons (Fsp3) is 0. The van der Waals surface area contributed by atoms with Gasteiger partial charge in [-0.3, -0.25) is 4.79 Å². The number of hydrogen-bond donors (Lipinski definition) is 0. The van der Waals surface area contributed by atoms with E-state index in [2.05, 4.69) is 15.9 Å². The minimum absolute atomic E-state index is 0.207. The maximum atomic E-state index is 13.3. The molecule has 0 saturated carbocycles. The predicted octanol–water partition coefficient (Wildman–Crippen LogP) is 4.57. The zero-order valence-electron chi connectivity index (χ0n) is 9.69. The van der Waals surface area contributed by atoms with Crippen LogP contribution < -0.4 is 0 Å². The van der Waals surface area contributed by atoms with Gasteiger partial charge in [-0.1, -0.05) is 34.1 Å². The largest absolute Gasteiger partial charge is 0.453 e. The van der Waals surface area contributed by atoms with Crippen molar-refractivity contribution in [1.29, 1.82) is 0 Å². The summed E-state index contributed by atoms with van der Waals surface area (Å²) in [7, 11) is 0. The molecule has 0 radical (unpaired) electrons. The van der Waals surface area contributed by atoms with Gasteiger partial charge in [0.05, 0.1) is 0 Å². The average molecular weight is 319 g/mol. The molecule has 2 aromatic carbocycles. The first-order chi connectivity index (χ1) is 9.13. The van der Waals surface area contributed by atoms with Crippen molar-refractivity contribution in [2.24, 2.45) is 0 Å². The van der Waals surface area contributed by atoms with E-state index in [0.29, 0.717) is 10.1 Å². The van der Waals surface area contributed by atoms with Crippen molar-refractivity contribution in [2.75, 3.05) is 0 Å². The number of para-hydroxylation sites is 1. The Kier molecular flexibility index (Phi) is 2.95. The lowest BCUT2D eigenvalue weighted by Crippen LogP contribution is -2.00. The average Bonchev–Trinajstić information content (AvgIpc) is 2.80. The summed E-state index contributed by atoms with van der Waals surface area (Å²) in [6, 6.07) is 13.1. The first kappa shape index (κ1) is 12.1. The SMILES string of the molecule is O=C(c1cc(F)cc(Br)c1)c1cc2ccccc2o1. The number of fused-ring (bicyclic) bond motifs is 1. The van der Waals surface area contributed by atoms with Gasteiger partial charge in [-0.25, -0.2) is 4.39 Å². The first-order valence-electron chi connectivity index (χ1n) is 5.63. The van der Waals surface area contributed by atoms with Gasteiger partial charge in [0.25, 0.3) is 0 Å². The Morgan fingerprint density at radius 2 is 1.89 bits per heavy atom. The predicted molar refractivity (Wildman–Crippen MR) is 73.7 cm³/mol. The molecule has 0 aliphatic heterocycles. The quantitative estimate of drug-likeness (QED) is 0.648. The normalized spacial score (nSPS) is 10.8. The Bertz CT molecular complexity index is 723. The van der Waals surface area contributed by atoms with Crippen LogP contribution in [0.15, 0.2) is 57.4 Å². The van der Waals surface area contributed by atoms with Crippen LogP contribution in [-0.4, -0.2) is 5.78 Å². The molecule has 0 fully saturated rings. The summed E-state index contributed by atoms with van der Waals surface area (Å²) in [5.41, 5.74) is 0.896. The van der Waals surface area contributed by atoms with Crippen LogP contribution >= 0.6 is 15.9 Å². The molecule has 4 heteroatoms. The zero-order valence-corrected chi connectivity index (χ0v) is 11.3. The lowest BCUT2D eigenvalue weighted by atomic mass is 10.1. The van der Waals surface area contributed by atoms with Gasteiger partial charge in [0.2, 0.25) is 5.78 Å².